The van der Waals surface area contributed by atoms with E-state index in [-0.39, 0.29) is 5.41 Å². The molecule has 0 bridgehead atoms. The van der Waals surface area contributed by atoms with Gasteiger partial charge in [0.15, 0.2) is 0 Å². The molecule has 3 atom stereocenters. The Labute approximate surface area is 229 Å². The first-order chi connectivity index (χ1) is 17.4. The molecule has 2 aromatic carbocycles. The van der Waals surface area contributed by atoms with Crippen LogP contribution in [0.2, 0.25) is 0 Å². The van der Waals surface area contributed by atoms with Gasteiger partial charge in [-0.25, -0.2) is 0 Å². The number of fused-ring (bicyclic) bond motifs is 1. The molecule has 0 fully saturated rings. The summed E-state index contributed by atoms with van der Waals surface area (Å²) in [6, 6.07) is 13.6. The third-order valence-corrected chi connectivity index (χ3v) is 12.0. The molecule has 1 aliphatic heterocycles. The van der Waals surface area contributed by atoms with E-state index in [0.29, 0.717) is 17.4 Å². The van der Waals surface area contributed by atoms with Crippen molar-refractivity contribution in [1.29, 1.82) is 0 Å². The summed E-state index contributed by atoms with van der Waals surface area (Å²) in [5.74, 6) is 3.91. The van der Waals surface area contributed by atoms with Gasteiger partial charge in [0.1, 0.15) is 17.3 Å². The average molecular weight is 549 g/mol. The van der Waals surface area contributed by atoms with Crippen LogP contribution in [0.1, 0.15) is 102 Å². The van der Waals surface area contributed by atoms with Crippen LogP contribution < -0.4 is 0 Å². The van der Waals surface area contributed by atoms with Crippen LogP contribution in [0.5, 0.6) is 11.5 Å². The topological polar surface area (TPSA) is 63.5 Å². The van der Waals surface area contributed by atoms with Crippen LogP contribution in [0.4, 0.5) is 0 Å². The zero-order valence-electron chi connectivity index (χ0n) is 22.0. The van der Waals surface area contributed by atoms with Gasteiger partial charge >= 0.3 is 0 Å². The summed E-state index contributed by atoms with van der Waals surface area (Å²) in [4.78, 5) is 1.21. The van der Waals surface area contributed by atoms with E-state index >= 15 is 0 Å². The maximum Gasteiger partial charge on any atom is 0.118 e. The second kappa shape index (κ2) is 15.5. The minimum absolute atomic E-state index is 0.00334. The van der Waals surface area contributed by atoms with Crippen LogP contribution in [0.15, 0.2) is 47.4 Å². The minimum atomic E-state index is -0.686. The first-order valence-corrected chi connectivity index (χ1v) is 17.5. The molecule has 0 aromatic heterocycles. The predicted octanol–water partition coefficient (Wildman–Crippen LogP) is 8.95. The molecule has 200 valence electrons. The zero-order valence-corrected chi connectivity index (χ0v) is 24.5. The van der Waals surface area contributed by atoms with E-state index in [2.05, 4.69) is 32.0 Å². The standard InChI is InChI=1S/C30H44O3S3/c1-3-4-12-21-36(33)35-20-11-9-7-5-6-8-10-13-28-27-19-18-26(32)22-29(27)34-23-30(28,2)24-14-16-25(31)17-15-24/h14-19,22,28,31-32H,3-13,20-21,23H2,1-2H3. The lowest BCUT2D eigenvalue weighted by atomic mass is 9.68. The maximum atomic E-state index is 11.9. The molecule has 0 spiro atoms. The minimum Gasteiger partial charge on any atom is -0.605 e. The molecule has 3 rings (SSSR count). The molecule has 0 saturated heterocycles. The number of phenols is 2. The quantitative estimate of drug-likeness (QED) is 0.124. The molecule has 3 unspecified atom stereocenters. The van der Waals surface area contributed by atoms with Crippen LogP contribution >= 0.6 is 22.6 Å². The van der Waals surface area contributed by atoms with Crippen molar-refractivity contribution in [3.8, 4) is 11.5 Å². The molecule has 1 heterocycles. The summed E-state index contributed by atoms with van der Waals surface area (Å²) in [5, 5.41) is 19.8. The van der Waals surface area contributed by atoms with Gasteiger partial charge in [0.2, 0.25) is 0 Å². The van der Waals surface area contributed by atoms with Crippen molar-refractivity contribution in [2.24, 2.45) is 0 Å². The Bertz CT molecular complexity index is 905. The van der Waals surface area contributed by atoms with Crippen LogP contribution in [0.25, 0.3) is 0 Å². The lowest BCUT2D eigenvalue weighted by Crippen LogP contribution is -2.36. The number of thioether (sulfide) groups is 1. The fourth-order valence-electron chi connectivity index (χ4n) is 5.22. The highest BCUT2D eigenvalue weighted by molar-refractivity contribution is 8.72. The van der Waals surface area contributed by atoms with Crippen LogP contribution in [-0.4, -0.2) is 32.0 Å². The first-order valence-electron chi connectivity index (χ1n) is 13.7. The van der Waals surface area contributed by atoms with Gasteiger partial charge in [-0.1, -0.05) is 77.0 Å². The third kappa shape index (κ3) is 8.82. The molecule has 0 amide bonds. The van der Waals surface area contributed by atoms with Gasteiger partial charge in [0.05, 0.1) is 10.8 Å². The van der Waals surface area contributed by atoms with Crippen molar-refractivity contribution >= 4 is 32.8 Å². The highest BCUT2D eigenvalue weighted by atomic mass is 33.1. The Balaban J connectivity index is 1.42. The first kappa shape index (κ1) is 29.6. The molecule has 2 aromatic rings. The molecular weight excluding hydrogens is 505 g/mol. The van der Waals surface area contributed by atoms with E-state index in [0.717, 1.165) is 30.1 Å². The summed E-state index contributed by atoms with van der Waals surface area (Å²) in [6.45, 7) is 4.55. The largest absolute Gasteiger partial charge is 0.605 e. The number of phenolic OH excluding ortho intramolecular Hbond substituents is 2. The smallest absolute Gasteiger partial charge is 0.118 e. The molecule has 6 heteroatoms. The lowest BCUT2D eigenvalue weighted by molar-refractivity contribution is 0.370. The van der Waals surface area contributed by atoms with Gasteiger partial charge in [-0.15, -0.1) is 11.8 Å². The molecule has 0 saturated carbocycles. The van der Waals surface area contributed by atoms with Gasteiger partial charge in [0.25, 0.3) is 0 Å². The summed E-state index contributed by atoms with van der Waals surface area (Å²) >= 11 is 1.83. The van der Waals surface area contributed by atoms with Gasteiger partial charge in [0, 0.05) is 32.0 Å². The second-order valence-corrected chi connectivity index (χ2v) is 14.8. The van der Waals surface area contributed by atoms with Crippen molar-refractivity contribution in [3.05, 3.63) is 53.6 Å². The van der Waals surface area contributed by atoms with Crippen molar-refractivity contribution in [2.45, 2.75) is 101 Å². The normalized spacial score (nSPS) is 20.2. The summed E-state index contributed by atoms with van der Waals surface area (Å²) in [5.41, 5.74) is 2.63. The number of hydrogen-bond acceptors (Lipinski definition) is 5. The van der Waals surface area contributed by atoms with Crippen molar-refractivity contribution in [3.63, 3.8) is 0 Å². The van der Waals surface area contributed by atoms with Crippen LogP contribution in [0, 0.1) is 0 Å². The van der Waals surface area contributed by atoms with Gasteiger partial charge in [-0.2, -0.15) is 0 Å². The predicted molar refractivity (Wildman–Crippen MR) is 159 cm³/mol. The Hall–Kier alpha value is -0.950. The van der Waals surface area contributed by atoms with Gasteiger partial charge < -0.3 is 14.8 Å². The Morgan fingerprint density at radius 3 is 2.31 bits per heavy atom. The number of aromatic hydroxyl groups is 2. The highest BCUT2D eigenvalue weighted by Gasteiger charge is 2.41. The number of unbranched alkanes of at least 4 members (excludes halogenated alkanes) is 8. The van der Waals surface area contributed by atoms with E-state index < -0.39 is 10.2 Å². The van der Waals surface area contributed by atoms with Crippen LogP contribution in [0.3, 0.4) is 0 Å². The molecular formula is C30H44O3S3. The summed E-state index contributed by atoms with van der Waals surface area (Å²) in [7, 11) is 0.964. The van der Waals surface area contributed by atoms with Crippen molar-refractivity contribution < 1.29 is 14.8 Å². The number of hydrogen-bond donors (Lipinski definition) is 2. The molecule has 36 heavy (non-hydrogen) atoms. The van der Waals surface area contributed by atoms with Crippen molar-refractivity contribution in [1.82, 2.24) is 0 Å². The molecule has 2 N–H and O–H groups in total. The second-order valence-electron chi connectivity index (χ2n) is 10.3. The molecule has 0 radical (unpaired) electrons. The SMILES string of the molecule is CCCCC[S+]([O-])SCCCCCCCCCC1c2ccc(O)cc2SCC1(C)c1ccc(O)cc1. The van der Waals surface area contributed by atoms with Crippen molar-refractivity contribution in [2.75, 3.05) is 17.3 Å². The zero-order chi connectivity index (χ0) is 25.8. The highest BCUT2D eigenvalue weighted by Crippen LogP contribution is 2.52. The number of rotatable bonds is 16. The van der Waals surface area contributed by atoms with E-state index in [1.807, 2.05) is 23.9 Å². The fourth-order valence-corrected chi connectivity index (χ4v) is 9.31. The Morgan fingerprint density at radius 1 is 0.917 bits per heavy atom. The van der Waals surface area contributed by atoms with E-state index in [1.165, 1.54) is 73.8 Å². The average Bonchev–Trinajstić information content (AvgIpc) is 2.87. The van der Waals surface area contributed by atoms with Crippen LogP contribution in [-0.2, 0) is 15.6 Å². The molecule has 1 aliphatic rings. The maximum absolute atomic E-state index is 11.9. The molecule has 3 nitrogen and oxygen atoms in total. The van der Waals surface area contributed by atoms with E-state index in [4.69, 9.17) is 0 Å². The van der Waals surface area contributed by atoms with Gasteiger partial charge in [-0.05, 0) is 67.0 Å². The fraction of sp³-hybridized carbons (Fsp3) is 0.600. The third-order valence-electron chi connectivity index (χ3n) is 7.46. The monoisotopic (exact) mass is 548 g/mol. The Morgan fingerprint density at radius 2 is 1.58 bits per heavy atom. The molecule has 0 aliphatic carbocycles. The Kier molecular flexibility index (Phi) is 12.7. The van der Waals surface area contributed by atoms with Gasteiger partial charge in [-0.3, -0.25) is 0 Å². The lowest BCUT2D eigenvalue weighted by Gasteiger charge is -2.43. The van der Waals surface area contributed by atoms with E-state index in [1.54, 1.807) is 22.9 Å². The van der Waals surface area contributed by atoms with E-state index in [9.17, 15) is 14.8 Å². The summed E-state index contributed by atoms with van der Waals surface area (Å²) < 4.78 is 11.9. The number of benzene rings is 2. The summed E-state index contributed by atoms with van der Waals surface area (Å²) in [6.07, 6.45) is 13.3.